The van der Waals surface area contributed by atoms with E-state index in [9.17, 15) is 9.90 Å². The summed E-state index contributed by atoms with van der Waals surface area (Å²) in [5, 5.41) is 12.1. The maximum atomic E-state index is 11.8. The minimum absolute atomic E-state index is 0.273. The van der Waals surface area contributed by atoms with E-state index in [1.165, 1.54) is 0 Å². The van der Waals surface area contributed by atoms with Crippen LogP contribution in [0.3, 0.4) is 0 Å². The smallest absolute Gasteiger partial charge is 0.408 e. The lowest BCUT2D eigenvalue weighted by molar-refractivity contribution is 0.0150. The van der Waals surface area contributed by atoms with E-state index >= 15 is 0 Å². The molecule has 0 heterocycles. The highest BCUT2D eigenvalue weighted by molar-refractivity contribution is 5.68. The van der Waals surface area contributed by atoms with Gasteiger partial charge in [-0.3, -0.25) is 0 Å². The van der Waals surface area contributed by atoms with Gasteiger partial charge in [-0.2, -0.15) is 0 Å². The van der Waals surface area contributed by atoms with Gasteiger partial charge in [0, 0.05) is 0 Å². The molecule has 0 radical (unpaired) electrons. The van der Waals surface area contributed by atoms with Gasteiger partial charge in [0.05, 0.1) is 25.4 Å². The number of hydrogen-bond donors (Lipinski definition) is 2. The Morgan fingerprint density at radius 3 is 2.50 bits per heavy atom. The number of alkyl carbamates (subject to hydrolysis) is 1. The fourth-order valence-corrected chi connectivity index (χ4v) is 1.81. The average molecular weight is 307 g/mol. The molecule has 22 heavy (non-hydrogen) atoms. The zero-order valence-electron chi connectivity index (χ0n) is 13.4. The summed E-state index contributed by atoms with van der Waals surface area (Å²) in [6.07, 6.45) is 0.445. The van der Waals surface area contributed by atoms with Crippen molar-refractivity contribution in [2.75, 3.05) is 6.61 Å². The van der Waals surface area contributed by atoms with Crippen LogP contribution in [-0.2, 0) is 16.1 Å². The maximum absolute atomic E-state index is 11.8. The number of amides is 1. The number of hydrogen-bond acceptors (Lipinski definition) is 4. The molecule has 0 saturated heterocycles. The lowest BCUT2D eigenvalue weighted by atomic mass is 10.1. The lowest BCUT2D eigenvalue weighted by Crippen LogP contribution is -2.47. The van der Waals surface area contributed by atoms with Gasteiger partial charge in [0.15, 0.2) is 0 Å². The summed E-state index contributed by atoms with van der Waals surface area (Å²) in [6, 6.07) is 9.03. The zero-order chi connectivity index (χ0) is 16.6. The summed E-state index contributed by atoms with van der Waals surface area (Å²) in [7, 11) is 0. The van der Waals surface area contributed by atoms with Gasteiger partial charge >= 0.3 is 6.09 Å². The first-order valence-electron chi connectivity index (χ1n) is 7.24. The number of carbonyl (C=O) groups is 1. The number of benzene rings is 1. The van der Waals surface area contributed by atoms with Crippen molar-refractivity contribution in [1.82, 2.24) is 5.32 Å². The normalized spacial score (nSPS) is 14.0. The molecule has 1 amide bonds. The summed E-state index contributed by atoms with van der Waals surface area (Å²) in [5.74, 6) is 0. The van der Waals surface area contributed by atoms with Crippen molar-refractivity contribution in [3.63, 3.8) is 0 Å². The Hall–Kier alpha value is -1.85. The van der Waals surface area contributed by atoms with Crippen LogP contribution in [0.2, 0.25) is 0 Å². The Morgan fingerprint density at radius 1 is 1.36 bits per heavy atom. The largest absolute Gasteiger partial charge is 0.444 e. The first-order chi connectivity index (χ1) is 10.4. The van der Waals surface area contributed by atoms with Crippen LogP contribution in [0, 0.1) is 0 Å². The van der Waals surface area contributed by atoms with Gasteiger partial charge in [-0.1, -0.05) is 36.4 Å². The fraction of sp³-hybridized carbons (Fsp3) is 0.471. The average Bonchev–Trinajstić information content (AvgIpc) is 2.45. The van der Waals surface area contributed by atoms with E-state index < -0.39 is 23.8 Å². The topological polar surface area (TPSA) is 67.8 Å². The van der Waals surface area contributed by atoms with Crippen LogP contribution in [-0.4, -0.2) is 35.6 Å². The third-order valence-corrected chi connectivity index (χ3v) is 2.81. The van der Waals surface area contributed by atoms with Gasteiger partial charge in [0.25, 0.3) is 0 Å². The van der Waals surface area contributed by atoms with Crippen LogP contribution in [0.5, 0.6) is 0 Å². The Balaban J connectivity index is 2.57. The second-order valence-electron chi connectivity index (χ2n) is 5.93. The first-order valence-corrected chi connectivity index (χ1v) is 7.24. The predicted octanol–water partition coefficient (Wildman–Crippen LogP) is 2.64. The number of aliphatic hydroxyl groups excluding tert-OH is 1. The van der Waals surface area contributed by atoms with Crippen LogP contribution in [0.4, 0.5) is 4.79 Å². The number of rotatable bonds is 7. The quantitative estimate of drug-likeness (QED) is 0.760. The molecule has 0 spiro atoms. The van der Waals surface area contributed by atoms with Gasteiger partial charge in [0.1, 0.15) is 5.60 Å². The predicted molar refractivity (Wildman–Crippen MR) is 85.5 cm³/mol. The van der Waals surface area contributed by atoms with Crippen molar-refractivity contribution in [2.45, 2.75) is 45.1 Å². The molecule has 122 valence electrons. The minimum Gasteiger partial charge on any atom is -0.444 e. The second kappa shape index (κ2) is 8.56. The molecule has 1 aromatic carbocycles. The fourth-order valence-electron chi connectivity index (χ4n) is 1.81. The Bertz CT molecular complexity index is 467. The molecule has 1 rings (SSSR count). The van der Waals surface area contributed by atoms with Crippen molar-refractivity contribution in [3.8, 4) is 0 Å². The summed E-state index contributed by atoms with van der Waals surface area (Å²) >= 11 is 0. The molecule has 0 aromatic heterocycles. The molecule has 2 N–H and O–H groups in total. The second-order valence-corrected chi connectivity index (χ2v) is 5.93. The van der Waals surface area contributed by atoms with Gasteiger partial charge in [-0.25, -0.2) is 4.79 Å². The van der Waals surface area contributed by atoms with Crippen LogP contribution in [0.25, 0.3) is 0 Å². The molecule has 0 bridgehead atoms. The molecule has 0 aliphatic heterocycles. The summed E-state index contributed by atoms with van der Waals surface area (Å²) < 4.78 is 10.9. The van der Waals surface area contributed by atoms with E-state index in [0.717, 1.165) is 5.56 Å². The molecule has 0 aliphatic rings. The monoisotopic (exact) mass is 307 g/mol. The third-order valence-electron chi connectivity index (χ3n) is 2.81. The number of ether oxygens (including phenoxy) is 2. The van der Waals surface area contributed by atoms with E-state index in [0.29, 0.717) is 6.61 Å². The summed E-state index contributed by atoms with van der Waals surface area (Å²) in [6.45, 7) is 9.11. The molecule has 5 nitrogen and oxygen atoms in total. The van der Waals surface area contributed by atoms with Gasteiger partial charge in [-0.15, -0.1) is 6.58 Å². The Morgan fingerprint density at radius 2 is 2.00 bits per heavy atom. The van der Waals surface area contributed by atoms with E-state index in [1.807, 2.05) is 30.3 Å². The summed E-state index contributed by atoms with van der Waals surface area (Å²) in [4.78, 5) is 11.8. The number of nitrogens with one attached hydrogen (secondary N) is 1. The van der Waals surface area contributed by atoms with Gasteiger partial charge in [-0.05, 0) is 26.3 Å². The van der Waals surface area contributed by atoms with E-state index in [4.69, 9.17) is 9.47 Å². The highest BCUT2D eigenvalue weighted by Gasteiger charge is 2.24. The molecular weight excluding hydrogens is 282 g/mol. The molecule has 2 atom stereocenters. The van der Waals surface area contributed by atoms with Gasteiger partial charge in [0.2, 0.25) is 0 Å². The zero-order valence-corrected chi connectivity index (χ0v) is 13.4. The first kappa shape index (κ1) is 18.2. The highest BCUT2D eigenvalue weighted by atomic mass is 16.6. The standard InChI is InChI=1S/C17H25NO4/c1-5-15(21-12-13-9-7-6-8-10-13)14(11-19)18-16(20)22-17(2,3)4/h5-10,14-15,19H,1,11-12H2,2-4H3,(H,18,20)/t14-,15-/m0/s1. The molecular formula is C17H25NO4. The molecule has 0 fully saturated rings. The van der Waals surface area contributed by atoms with E-state index in [1.54, 1.807) is 26.8 Å². The molecule has 5 heteroatoms. The minimum atomic E-state index is -0.615. The number of aliphatic hydroxyl groups is 1. The lowest BCUT2D eigenvalue weighted by Gasteiger charge is -2.26. The Labute approximate surface area is 131 Å². The van der Waals surface area contributed by atoms with Crippen molar-refractivity contribution in [2.24, 2.45) is 0 Å². The van der Waals surface area contributed by atoms with Crippen molar-refractivity contribution < 1.29 is 19.4 Å². The Kier molecular flexibility index (Phi) is 7.08. The van der Waals surface area contributed by atoms with Crippen LogP contribution < -0.4 is 5.32 Å². The van der Waals surface area contributed by atoms with Crippen LogP contribution in [0.1, 0.15) is 26.3 Å². The van der Waals surface area contributed by atoms with Crippen LogP contribution in [0.15, 0.2) is 43.0 Å². The van der Waals surface area contributed by atoms with E-state index in [2.05, 4.69) is 11.9 Å². The van der Waals surface area contributed by atoms with Crippen molar-refractivity contribution in [1.29, 1.82) is 0 Å². The SMILES string of the molecule is C=C[C@H](OCc1ccccc1)[C@H](CO)NC(=O)OC(C)(C)C. The van der Waals surface area contributed by atoms with Crippen molar-refractivity contribution >= 4 is 6.09 Å². The molecule has 0 unspecified atom stereocenters. The number of carbonyl (C=O) groups excluding carboxylic acids is 1. The van der Waals surface area contributed by atoms with Crippen LogP contribution >= 0.6 is 0 Å². The highest BCUT2D eigenvalue weighted by Crippen LogP contribution is 2.10. The molecule has 0 aliphatic carbocycles. The van der Waals surface area contributed by atoms with Gasteiger partial charge < -0.3 is 19.9 Å². The maximum Gasteiger partial charge on any atom is 0.408 e. The molecule has 1 aromatic rings. The molecule has 0 saturated carbocycles. The van der Waals surface area contributed by atoms with E-state index in [-0.39, 0.29) is 6.61 Å². The third kappa shape index (κ3) is 6.74. The van der Waals surface area contributed by atoms with Crippen molar-refractivity contribution in [3.05, 3.63) is 48.6 Å². The summed E-state index contributed by atoms with van der Waals surface area (Å²) in [5.41, 5.74) is 0.405.